The second-order valence-electron chi connectivity index (χ2n) is 9.84. The molecular weight excluding hydrogens is 384 g/mol. The van der Waals surface area contributed by atoms with Crippen LogP contribution in [0.5, 0.6) is 11.5 Å². The van der Waals surface area contributed by atoms with Crippen LogP contribution in [0.2, 0.25) is 11.1 Å². The summed E-state index contributed by atoms with van der Waals surface area (Å²) in [7, 11) is -0.155. The molecule has 30 heavy (non-hydrogen) atoms. The van der Waals surface area contributed by atoms with Crippen LogP contribution in [-0.4, -0.2) is 15.2 Å². The number of benzene rings is 2. The molecule has 0 radical (unpaired) electrons. The van der Waals surface area contributed by atoms with E-state index < -0.39 is 8.07 Å². The molecule has 0 spiro atoms. The van der Waals surface area contributed by atoms with Crippen LogP contribution in [0.4, 0.5) is 0 Å². The fourth-order valence-corrected chi connectivity index (χ4v) is 10.1. The third-order valence-electron chi connectivity index (χ3n) is 6.77. The van der Waals surface area contributed by atoms with Crippen LogP contribution in [0.3, 0.4) is 0 Å². The van der Waals surface area contributed by atoms with Gasteiger partial charge in [-0.1, -0.05) is 79.7 Å². The molecule has 0 aliphatic carbocycles. The Labute approximate surface area is 184 Å². The zero-order chi connectivity index (χ0) is 22.2. The van der Waals surface area contributed by atoms with Gasteiger partial charge in [0.25, 0.3) is 0 Å². The molecule has 0 saturated carbocycles. The number of rotatable bonds is 7. The summed E-state index contributed by atoms with van der Waals surface area (Å²) in [5, 5.41) is 1.48. The van der Waals surface area contributed by atoms with Gasteiger partial charge in [0.15, 0.2) is 0 Å². The molecule has 2 aromatic carbocycles. The van der Waals surface area contributed by atoms with Gasteiger partial charge in [0.1, 0.15) is 25.3 Å². The molecule has 1 heterocycles. The van der Waals surface area contributed by atoms with E-state index in [9.17, 15) is 0 Å². The Bertz CT molecular complexity index is 904. The summed E-state index contributed by atoms with van der Waals surface area (Å²) in [5.41, 5.74) is 7.48. The molecule has 2 nitrogen and oxygen atoms in total. The lowest BCUT2D eigenvalue weighted by Gasteiger charge is -2.34. The molecule has 0 amide bonds. The Hall–Kier alpha value is -2.00. The van der Waals surface area contributed by atoms with E-state index in [1.807, 2.05) is 0 Å². The molecule has 2 aromatic rings. The molecule has 162 valence electrons. The summed E-state index contributed by atoms with van der Waals surface area (Å²) >= 11 is 0. The molecule has 0 saturated heterocycles. The quantitative estimate of drug-likeness (QED) is 0.433. The van der Waals surface area contributed by atoms with E-state index in [1.165, 1.54) is 21.9 Å². The Morgan fingerprint density at radius 1 is 0.767 bits per heavy atom. The van der Waals surface area contributed by atoms with Gasteiger partial charge in [-0.2, -0.15) is 0 Å². The monoisotopic (exact) mass is 422 g/mol. The predicted octanol–water partition coefficient (Wildman–Crippen LogP) is 7.39. The van der Waals surface area contributed by atoms with Gasteiger partial charge in [-0.15, -0.1) is 0 Å². The first-order chi connectivity index (χ1) is 14.1. The maximum Gasteiger partial charge on any atom is 0.134 e. The number of hydrogen-bond acceptors (Lipinski definition) is 2. The van der Waals surface area contributed by atoms with Crippen LogP contribution in [0, 0.1) is 0 Å². The van der Waals surface area contributed by atoms with Crippen molar-refractivity contribution in [1.29, 1.82) is 0 Å². The average Bonchev–Trinajstić information content (AvgIpc) is 3.02. The van der Waals surface area contributed by atoms with Gasteiger partial charge >= 0.3 is 0 Å². The summed E-state index contributed by atoms with van der Waals surface area (Å²) in [6.45, 7) is 18.5. The van der Waals surface area contributed by atoms with Crippen molar-refractivity contribution in [2.75, 3.05) is 7.11 Å². The zero-order valence-corrected chi connectivity index (χ0v) is 21.2. The fourth-order valence-electron chi connectivity index (χ4n) is 5.02. The highest BCUT2D eigenvalue weighted by atomic mass is 28.3. The summed E-state index contributed by atoms with van der Waals surface area (Å²) < 4.78 is 12.5. The first-order valence-corrected chi connectivity index (χ1v) is 13.6. The van der Waals surface area contributed by atoms with Gasteiger partial charge in [-0.25, -0.2) is 0 Å². The van der Waals surface area contributed by atoms with E-state index in [0.29, 0.717) is 22.9 Å². The van der Waals surface area contributed by atoms with Crippen LogP contribution < -0.4 is 14.7 Å². The number of methoxy groups -OCH3 is 1. The smallest absolute Gasteiger partial charge is 0.134 e. The van der Waals surface area contributed by atoms with Crippen LogP contribution in [0.1, 0.15) is 83.9 Å². The van der Waals surface area contributed by atoms with Crippen molar-refractivity contribution in [3.8, 4) is 11.5 Å². The lowest BCUT2D eigenvalue weighted by Crippen LogP contribution is -2.50. The van der Waals surface area contributed by atoms with E-state index in [0.717, 1.165) is 17.3 Å². The largest absolute Gasteiger partial charge is 0.497 e. The molecule has 1 aliphatic rings. The van der Waals surface area contributed by atoms with Gasteiger partial charge < -0.3 is 9.47 Å². The first kappa shape index (κ1) is 22.7. The lowest BCUT2D eigenvalue weighted by atomic mass is 9.94. The van der Waals surface area contributed by atoms with E-state index in [2.05, 4.69) is 97.5 Å². The standard InChI is InChI=1S/C27H38O2Si/c1-17(2)22-11-10-12-23(18(3)4)27(22)29-25-16-30(19(5)6,20(7)8)26-14-13-21(28-9)15-24(25)26/h10-20H,1-9H3. The van der Waals surface area contributed by atoms with Crippen molar-refractivity contribution >= 4 is 19.0 Å². The Morgan fingerprint density at radius 2 is 1.33 bits per heavy atom. The molecule has 0 aromatic heterocycles. The zero-order valence-electron chi connectivity index (χ0n) is 20.2. The van der Waals surface area contributed by atoms with Crippen LogP contribution in [-0.2, 0) is 0 Å². The van der Waals surface area contributed by atoms with Crippen molar-refractivity contribution in [2.45, 2.75) is 78.3 Å². The van der Waals surface area contributed by atoms with Crippen LogP contribution in [0.15, 0.2) is 42.1 Å². The second-order valence-corrected chi connectivity index (χ2v) is 14.8. The highest BCUT2D eigenvalue weighted by Gasteiger charge is 2.46. The third-order valence-corrected chi connectivity index (χ3v) is 12.7. The van der Waals surface area contributed by atoms with Gasteiger partial charge in [-0.3, -0.25) is 0 Å². The number of hydrogen-bond donors (Lipinski definition) is 0. The van der Waals surface area contributed by atoms with Crippen LogP contribution in [0.25, 0.3) is 5.76 Å². The summed E-state index contributed by atoms with van der Waals surface area (Å²) in [5.74, 6) is 3.76. The van der Waals surface area contributed by atoms with Crippen molar-refractivity contribution < 1.29 is 9.47 Å². The molecule has 1 aliphatic heterocycles. The molecule has 0 bridgehead atoms. The van der Waals surface area contributed by atoms with E-state index >= 15 is 0 Å². The van der Waals surface area contributed by atoms with E-state index in [4.69, 9.17) is 9.47 Å². The van der Waals surface area contributed by atoms with Crippen molar-refractivity contribution in [3.05, 3.63) is 58.8 Å². The first-order valence-electron chi connectivity index (χ1n) is 11.4. The van der Waals surface area contributed by atoms with Crippen molar-refractivity contribution in [3.63, 3.8) is 0 Å². The fraction of sp³-hybridized carbons (Fsp3) is 0.481. The minimum Gasteiger partial charge on any atom is -0.497 e. The Balaban J connectivity index is 2.23. The maximum absolute atomic E-state index is 6.88. The lowest BCUT2D eigenvalue weighted by molar-refractivity contribution is 0.414. The molecule has 0 N–H and O–H groups in total. The predicted molar refractivity (Wildman–Crippen MR) is 132 cm³/mol. The van der Waals surface area contributed by atoms with E-state index in [-0.39, 0.29) is 0 Å². The number of fused-ring (bicyclic) bond motifs is 1. The number of para-hydroxylation sites is 1. The van der Waals surface area contributed by atoms with Crippen molar-refractivity contribution in [2.24, 2.45) is 0 Å². The third kappa shape index (κ3) is 3.73. The van der Waals surface area contributed by atoms with Crippen LogP contribution >= 0.6 is 0 Å². The highest BCUT2D eigenvalue weighted by Crippen LogP contribution is 2.44. The summed E-state index contributed by atoms with van der Waals surface area (Å²) in [6, 6.07) is 13.2. The topological polar surface area (TPSA) is 18.5 Å². The molecule has 3 heteroatoms. The van der Waals surface area contributed by atoms with Gasteiger partial charge in [-0.05, 0) is 57.1 Å². The molecule has 3 rings (SSSR count). The van der Waals surface area contributed by atoms with Gasteiger partial charge in [0, 0.05) is 5.56 Å². The molecule has 0 fully saturated rings. The maximum atomic E-state index is 6.88. The van der Waals surface area contributed by atoms with Crippen molar-refractivity contribution in [1.82, 2.24) is 0 Å². The Kier molecular flexibility index (Phi) is 6.52. The van der Waals surface area contributed by atoms with Gasteiger partial charge in [0.2, 0.25) is 0 Å². The highest BCUT2D eigenvalue weighted by molar-refractivity contribution is 7.00. The number of ether oxygens (including phenoxy) is 2. The summed E-state index contributed by atoms with van der Waals surface area (Å²) in [6.07, 6.45) is 0. The SMILES string of the molecule is COc1ccc2c(c1)C(Oc1c(C(C)C)cccc1C(C)C)=C[Si]2(C(C)C)C(C)C. The minimum absolute atomic E-state index is 0.405. The Morgan fingerprint density at radius 3 is 1.80 bits per heavy atom. The molecule has 0 atom stereocenters. The normalized spacial score (nSPS) is 15.2. The molecule has 0 unspecified atom stereocenters. The summed E-state index contributed by atoms with van der Waals surface area (Å²) in [4.78, 5) is 0. The minimum atomic E-state index is -1.89. The average molecular weight is 423 g/mol. The van der Waals surface area contributed by atoms with Gasteiger partial charge in [0.05, 0.1) is 7.11 Å². The molecular formula is C27H38O2Si. The second kappa shape index (κ2) is 8.62. The van der Waals surface area contributed by atoms with E-state index in [1.54, 1.807) is 7.11 Å².